The van der Waals surface area contributed by atoms with Crippen LogP contribution in [0.2, 0.25) is 0 Å². The first-order chi connectivity index (χ1) is 15.5. The lowest BCUT2D eigenvalue weighted by molar-refractivity contribution is 0.0698. The van der Waals surface area contributed by atoms with Crippen molar-refractivity contribution in [3.63, 3.8) is 0 Å². The van der Waals surface area contributed by atoms with Gasteiger partial charge in [-0.2, -0.15) is 0 Å². The predicted molar refractivity (Wildman–Crippen MR) is 130 cm³/mol. The van der Waals surface area contributed by atoms with Crippen LogP contribution in [0.1, 0.15) is 41.3 Å². The molecule has 1 heterocycles. The lowest BCUT2D eigenvalue weighted by atomic mass is 9.91. The number of ether oxygens (including phenoxy) is 1. The standard InChI is InChI=1S/C19H23NO.C7H8N2O2/c1-3-21-19-12-10-17(11-13-19)20(2)18-9-8-15-6-4-5-7-16(15)14-18;1-8-6-4-9-3-2-5(6)7(10)11/h8-14H,3-7H2,1-2H3;2-4,8H,1H3,(H,10,11). The van der Waals surface area contributed by atoms with E-state index in [1.807, 2.05) is 19.1 Å². The average molecular weight is 434 g/mol. The van der Waals surface area contributed by atoms with E-state index < -0.39 is 5.97 Å². The molecule has 3 aromatic rings. The maximum Gasteiger partial charge on any atom is 0.337 e. The second-order valence-electron chi connectivity index (χ2n) is 7.62. The normalized spacial score (nSPS) is 12.1. The molecule has 1 aromatic heterocycles. The number of hydrogen-bond acceptors (Lipinski definition) is 5. The highest BCUT2D eigenvalue weighted by atomic mass is 16.5. The molecule has 1 aliphatic rings. The lowest BCUT2D eigenvalue weighted by Gasteiger charge is -2.23. The molecule has 2 N–H and O–H groups in total. The van der Waals surface area contributed by atoms with Gasteiger partial charge in [0.05, 0.1) is 24.1 Å². The number of nitrogens with one attached hydrogen (secondary N) is 1. The highest BCUT2D eigenvalue weighted by molar-refractivity contribution is 5.93. The van der Waals surface area contributed by atoms with Crippen molar-refractivity contribution in [1.29, 1.82) is 0 Å². The molecular weight excluding hydrogens is 402 g/mol. The van der Waals surface area contributed by atoms with Gasteiger partial charge in [-0.25, -0.2) is 4.79 Å². The van der Waals surface area contributed by atoms with Gasteiger partial charge in [0.2, 0.25) is 0 Å². The zero-order valence-electron chi connectivity index (χ0n) is 19.0. The minimum atomic E-state index is -0.947. The Balaban J connectivity index is 0.000000222. The number of pyridine rings is 1. The molecule has 0 bridgehead atoms. The van der Waals surface area contributed by atoms with Gasteiger partial charge in [-0.1, -0.05) is 6.07 Å². The van der Waals surface area contributed by atoms with Crippen LogP contribution < -0.4 is 15.0 Å². The van der Waals surface area contributed by atoms with Gasteiger partial charge in [0.25, 0.3) is 0 Å². The maximum absolute atomic E-state index is 10.5. The minimum absolute atomic E-state index is 0.238. The number of aromatic carboxylic acids is 1. The van der Waals surface area contributed by atoms with Gasteiger partial charge >= 0.3 is 5.97 Å². The first kappa shape index (κ1) is 23.1. The van der Waals surface area contributed by atoms with Crippen molar-refractivity contribution in [2.45, 2.75) is 32.6 Å². The molecule has 1 aliphatic carbocycles. The van der Waals surface area contributed by atoms with Crippen LogP contribution in [0.5, 0.6) is 5.75 Å². The molecule has 0 fully saturated rings. The third-order valence-electron chi connectivity index (χ3n) is 5.58. The smallest absolute Gasteiger partial charge is 0.337 e. The van der Waals surface area contributed by atoms with Gasteiger partial charge in [-0.3, -0.25) is 4.98 Å². The summed E-state index contributed by atoms with van der Waals surface area (Å²) in [7, 11) is 3.78. The Labute approximate surface area is 189 Å². The number of aromatic nitrogens is 1. The highest BCUT2D eigenvalue weighted by Crippen LogP contribution is 2.30. The van der Waals surface area contributed by atoms with E-state index in [9.17, 15) is 4.79 Å². The molecule has 4 rings (SSSR count). The second kappa shape index (κ2) is 11.2. The summed E-state index contributed by atoms with van der Waals surface area (Å²) < 4.78 is 5.50. The molecule has 168 valence electrons. The number of fused-ring (bicyclic) bond motifs is 1. The van der Waals surface area contributed by atoms with Crippen LogP contribution >= 0.6 is 0 Å². The largest absolute Gasteiger partial charge is 0.494 e. The Kier molecular flexibility index (Phi) is 8.08. The first-order valence-corrected chi connectivity index (χ1v) is 11.0. The molecule has 0 spiro atoms. The van der Waals surface area contributed by atoms with Gasteiger partial charge in [-0.15, -0.1) is 0 Å². The summed E-state index contributed by atoms with van der Waals surface area (Å²) in [6, 6.07) is 16.6. The number of carbonyl (C=O) groups is 1. The van der Waals surface area contributed by atoms with Crippen molar-refractivity contribution in [3.05, 3.63) is 77.6 Å². The van der Waals surface area contributed by atoms with E-state index in [-0.39, 0.29) is 5.56 Å². The van der Waals surface area contributed by atoms with Crippen LogP contribution in [0.3, 0.4) is 0 Å². The van der Waals surface area contributed by atoms with E-state index in [1.54, 1.807) is 7.05 Å². The van der Waals surface area contributed by atoms with E-state index in [2.05, 4.69) is 52.6 Å². The molecule has 6 nitrogen and oxygen atoms in total. The van der Waals surface area contributed by atoms with Gasteiger partial charge in [0, 0.05) is 31.7 Å². The molecule has 0 saturated heterocycles. The molecule has 32 heavy (non-hydrogen) atoms. The Bertz CT molecular complexity index is 1030. The number of benzene rings is 2. The Hall–Kier alpha value is -3.54. The van der Waals surface area contributed by atoms with Crippen LogP contribution in [-0.2, 0) is 12.8 Å². The van der Waals surface area contributed by atoms with Crippen LogP contribution in [0, 0.1) is 0 Å². The van der Waals surface area contributed by atoms with Crippen molar-refractivity contribution in [3.8, 4) is 5.75 Å². The van der Waals surface area contributed by atoms with Crippen molar-refractivity contribution in [1.82, 2.24) is 4.98 Å². The van der Waals surface area contributed by atoms with E-state index in [1.165, 1.54) is 66.6 Å². The summed E-state index contributed by atoms with van der Waals surface area (Å²) in [6.07, 6.45) is 8.04. The number of rotatable bonds is 6. The molecule has 0 saturated carbocycles. The fraction of sp³-hybridized carbons (Fsp3) is 0.308. The lowest BCUT2D eigenvalue weighted by Crippen LogP contribution is -2.11. The second-order valence-corrected chi connectivity index (χ2v) is 7.62. The van der Waals surface area contributed by atoms with Crippen LogP contribution in [0.4, 0.5) is 17.1 Å². The Morgan fingerprint density at radius 1 is 1.06 bits per heavy atom. The zero-order chi connectivity index (χ0) is 22.9. The minimum Gasteiger partial charge on any atom is -0.494 e. The SMILES string of the molecule is CCOc1ccc(N(C)c2ccc3c(c2)CCCC3)cc1.CNc1cnccc1C(=O)O. The molecule has 0 unspecified atom stereocenters. The number of anilines is 3. The molecular formula is C26H31N3O3. The van der Waals surface area contributed by atoms with Gasteiger partial charge in [0.15, 0.2) is 0 Å². The monoisotopic (exact) mass is 433 g/mol. The highest BCUT2D eigenvalue weighted by Gasteiger charge is 2.12. The number of nitrogens with zero attached hydrogens (tertiary/aromatic N) is 2. The van der Waals surface area contributed by atoms with Crippen molar-refractivity contribution in [2.24, 2.45) is 0 Å². The Morgan fingerprint density at radius 2 is 1.75 bits per heavy atom. The molecule has 0 aliphatic heterocycles. The van der Waals surface area contributed by atoms with Gasteiger partial charge < -0.3 is 20.1 Å². The van der Waals surface area contributed by atoms with Crippen molar-refractivity contribution in [2.75, 3.05) is 30.9 Å². The summed E-state index contributed by atoms with van der Waals surface area (Å²) in [4.78, 5) is 16.5. The van der Waals surface area contributed by atoms with Gasteiger partial charge in [-0.05, 0) is 86.2 Å². The molecule has 0 radical (unpaired) electrons. The molecule has 0 amide bonds. The zero-order valence-corrected chi connectivity index (χ0v) is 19.0. The van der Waals surface area contributed by atoms with E-state index in [0.717, 1.165) is 5.75 Å². The topological polar surface area (TPSA) is 74.7 Å². The average Bonchev–Trinajstić information content (AvgIpc) is 2.84. The number of carboxylic acid groups (broad SMARTS) is 1. The fourth-order valence-corrected chi connectivity index (χ4v) is 3.79. The van der Waals surface area contributed by atoms with Crippen molar-refractivity contribution >= 4 is 23.0 Å². The van der Waals surface area contributed by atoms with Gasteiger partial charge in [0.1, 0.15) is 5.75 Å². The maximum atomic E-state index is 10.5. The van der Waals surface area contributed by atoms with Crippen molar-refractivity contribution < 1.29 is 14.6 Å². The first-order valence-electron chi connectivity index (χ1n) is 11.0. The Morgan fingerprint density at radius 3 is 2.38 bits per heavy atom. The molecule has 6 heteroatoms. The quantitative estimate of drug-likeness (QED) is 0.531. The number of hydrogen-bond donors (Lipinski definition) is 2. The van der Waals surface area contributed by atoms with Crippen LogP contribution in [0.15, 0.2) is 60.9 Å². The molecule has 0 atom stereocenters. The summed E-state index contributed by atoms with van der Waals surface area (Å²) >= 11 is 0. The van der Waals surface area contributed by atoms with Crippen LogP contribution in [-0.4, -0.2) is 36.8 Å². The predicted octanol–water partition coefficient (Wildman–Crippen LogP) is 5.55. The summed E-state index contributed by atoms with van der Waals surface area (Å²) in [5, 5.41) is 11.4. The van der Waals surface area contributed by atoms with E-state index >= 15 is 0 Å². The summed E-state index contributed by atoms with van der Waals surface area (Å²) in [5.41, 5.74) is 6.28. The summed E-state index contributed by atoms with van der Waals surface area (Å²) in [6.45, 7) is 2.72. The third kappa shape index (κ3) is 5.78. The molecule has 2 aromatic carbocycles. The fourth-order valence-electron chi connectivity index (χ4n) is 3.79. The van der Waals surface area contributed by atoms with Crippen LogP contribution in [0.25, 0.3) is 0 Å². The number of carboxylic acids is 1. The third-order valence-corrected chi connectivity index (χ3v) is 5.58. The van der Waals surface area contributed by atoms with E-state index in [4.69, 9.17) is 9.84 Å². The summed E-state index contributed by atoms with van der Waals surface area (Å²) in [5.74, 6) is -0.0168. The van der Waals surface area contributed by atoms with E-state index in [0.29, 0.717) is 12.3 Å². The number of aryl methyl sites for hydroxylation is 2.